The molecule has 0 amide bonds. The second kappa shape index (κ2) is 8.08. The van der Waals surface area contributed by atoms with Crippen molar-refractivity contribution < 1.29 is 44.7 Å². The van der Waals surface area contributed by atoms with E-state index in [-0.39, 0.29) is 35.3 Å². The number of carboxylic acids is 1. The minimum atomic E-state index is -2.64. The number of fused-ring (bicyclic) bond motifs is 3. The lowest BCUT2D eigenvalue weighted by Gasteiger charge is -2.50. The first-order valence-electron chi connectivity index (χ1n) is 10.8. The Morgan fingerprint density at radius 3 is 2.37 bits per heavy atom. The van der Waals surface area contributed by atoms with Gasteiger partial charge in [-0.1, -0.05) is 5.92 Å². The van der Waals surface area contributed by atoms with Gasteiger partial charge in [-0.2, -0.15) is 0 Å². The highest BCUT2D eigenvalue weighted by Gasteiger charge is 2.64. The van der Waals surface area contributed by atoms with Crippen LogP contribution in [0.25, 0.3) is 5.76 Å². The summed E-state index contributed by atoms with van der Waals surface area (Å²) in [5.41, 5.74) is -3.15. The fourth-order valence-corrected chi connectivity index (χ4v) is 5.58. The molecule has 5 N–H and O–H groups in total. The quantitative estimate of drug-likeness (QED) is 0.296. The molecule has 182 valence electrons. The molecule has 0 radical (unpaired) electrons. The first kappa shape index (κ1) is 24.2. The number of carbonyl (C=O) groups excluding carboxylic acids is 3. The topological polar surface area (TPSA) is 173 Å². The summed E-state index contributed by atoms with van der Waals surface area (Å²) in [6.07, 6.45) is 0.00974. The van der Waals surface area contributed by atoms with Gasteiger partial charge in [0.15, 0.2) is 17.2 Å². The molecule has 10 nitrogen and oxygen atoms in total. The van der Waals surface area contributed by atoms with Gasteiger partial charge in [-0.05, 0) is 57.5 Å². The highest BCUT2D eigenvalue weighted by atomic mass is 16.4. The number of likely N-dealkylation sites (N-methyl/N-ethyl adjacent to an activating group) is 1. The standard InChI is InChI=1S/C25H23NO9/c1-10(27)17-22(32)20(26(2)3)14-9-12-8-13-11(5-7-16(29)30)4-6-15(28)19(13)21(31)18(12)24(34)25(14,35)23(17)33/h4,6,12,14,20,28,31,33,35H,8-9H2,1-3H3,(H,29,30)/t12-,14-,20-,25+/m0/s1. The summed E-state index contributed by atoms with van der Waals surface area (Å²) < 4.78 is 0. The van der Waals surface area contributed by atoms with Crippen molar-refractivity contribution in [3.8, 4) is 17.6 Å². The molecule has 0 heterocycles. The minimum absolute atomic E-state index is 0.0354. The van der Waals surface area contributed by atoms with E-state index in [2.05, 4.69) is 5.92 Å². The predicted octanol–water partition coefficient (Wildman–Crippen LogP) is 0.504. The van der Waals surface area contributed by atoms with Crippen LogP contribution in [-0.4, -0.2) is 79.5 Å². The van der Waals surface area contributed by atoms with Gasteiger partial charge in [-0.3, -0.25) is 19.3 Å². The molecule has 35 heavy (non-hydrogen) atoms. The van der Waals surface area contributed by atoms with Crippen molar-refractivity contribution in [3.63, 3.8) is 0 Å². The number of aliphatic hydroxyl groups excluding tert-OH is 2. The highest BCUT2D eigenvalue weighted by Crippen LogP contribution is 2.52. The van der Waals surface area contributed by atoms with Gasteiger partial charge in [0.1, 0.15) is 22.8 Å². The third-order valence-electron chi connectivity index (χ3n) is 7.01. The zero-order valence-electron chi connectivity index (χ0n) is 19.1. The molecule has 1 saturated carbocycles. The molecule has 1 aromatic rings. The average molecular weight is 481 g/mol. The Bertz CT molecular complexity index is 1340. The minimum Gasteiger partial charge on any atom is -0.508 e. The van der Waals surface area contributed by atoms with Gasteiger partial charge in [0, 0.05) is 23.0 Å². The Hall–Kier alpha value is -3.94. The van der Waals surface area contributed by atoms with Crippen molar-refractivity contribution >= 4 is 29.1 Å². The van der Waals surface area contributed by atoms with E-state index in [9.17, 15) is 39.6 Å². The first-order chi connectivity index (χ1) is 16.3. The third-order valence-corrected chi connectivity index (χ3v) is 7.01. The summed E-state index contributed by atoms with van der Waals surface area (Å²) in [5, 5.41) is 52.9. The van der Waals surface area contributed by atoms with Crippen molar-refractivity contribution in [1.82, 2.24) is 4.90 Å². The molecule has 0 aliphatic heterocycles. The second-order valence-corrected chi connectivity index (χ2v) is 9.19. The number of benzene rings is 1. The Morgan fingerprint density at radius 1 is 1.14 bits per heavy atom. The van der Waals surface area contributed by atoms with Crippen molar-refractivity contribution in [2.45, 2.75) is 31.4 Å². The fraction of sp³-hybridized carbons (Fsp3) is 0.360. The van der Waals surface area contributed by atoms with E-state index < -0.39 is 63.9 Å². The lowest BCUT2D eigenvalue weighted by molar-refractivity contribution is -0.153. The van der Waals surface area contributed by atoms with Gasteiger partial charge in [0.2, 0.25) is 5.78 Å². The smallest absolute Gasteiger partial charge is 0.382 e. The first-order valence-corrected chi connectivity index (χ1v) is 10.8. The summed E-state index contributed by atoms with van der Waals surface area (Å²) in [6.45, 7) is 1.04. The number of aliphatic carboxylic acids is 1. The van der Waals surface area contributed by atoms with Gasteiger partial charge < -0.3 is 25.5 Å². The van der Waals surface area contributed by atoms with E-state index in [1.165, 1.54) is 17.0 Å². The van der Waals surface area contributed by atoms with Crippen LogP contribution >= 0.6 is 0 Å². The van der Waals surface area contributed by atoms with E-state index in [1.807, 2.05) is 5.92 Å². The fourth-order valence-electron chi connectivity index (χ4n) is 5.58. The van der Waals surface area contributed by atoms with Crippen LogP contribution in [-0.2, 0) is 25.6 Å². The van der Waals surface area contributed by atoms with Gasteiger partial charge in [-0.15, -0.1) is 0 Å². The van der Waals surface area contributed by atoms with Gasteiger partial charge in [-0.25, -0.2) is 4.79 Å². The Kier molecular flexibility index (Phi) is 5.58. The van der Waals surface area contributed by atoms with Gasteiger partial charge >= 0.3 is 5.97 Å². The van der Waals surface area contributed by atoms with Crippen LogP contribution in [0.4, 0.5) is 0 Å². The van der Waals surface area contributed by atoms with Gasteiger partial charge in [0.05, 0.1) is 11.6 Å². The molecule has 3 aliphatic rings. The zero-order chi connectivity index (χ0) is 26.0. The average Bonchev–Trinajstić information content (AvgIpc) is 2.75. The third kappa shape index (κ3) is 3.35. The number of rotatable bonds is 2. The van der Waals surface area contributed by atoms with Crippen LogP contribution < -0.4 is 0 Å². The summed E-state index contributed by atoms with van der Waals surface area (Å²) in [4.78, 5) is 51.4. The molecule has 0 aromatic heterocycles. The summed E-state index contributed by atoms with van der Waals surface area (Å²) >= 11 is 0. The number of carbonyl (C=O) groups is 4. The molecule has 10 heteroatoms. The zero-order valence-corrected chi connectivity index (χ0v) is 19.1. The molecule has 3 aliphatic carbocycles. The predicted molar refractivity (Wildman–Crippen MR) is 120 cm³/mol. The molecular weight excluding hydrogens is 458 g/mol. The second-order valence-electron chi connectivity index (χ2n) is 9.19. The number of aromatic hydroxyl groups is 1. The molecule has 4 atom stereocenters. The number of phenols is 1. The maximum absolute atomic E-state index is 13.7. The highest BCUT2D eigenvalue weighted by molar-refractivity contribution is 6.25. The maximum Gasteiger partial charge on any atom is 0.382 e. The monoisotopic (exact) mass is 481 g/mol. The molecule has 4 rings (SSSR count). The van der Waals surface area contributed by atoms with Crippen molar-refractivity contribution in [2.24, 2.45) is 11.8 Å². The van der Waals surface area contributed by atoms with Crippen molar-refractivity contribution in [3.05, 3.63) is 45.7 Å². The van der Waals surface area contributed by atoms with E-state index >= 15 is 0 Å². The number of aliphatic hydroxyl groups is 3. The SMILES string of the molecule is CC(=O)C1=C(O)[C@@]2(O)C(=O)C3=C(O)c4c(O)ccc(C#CC(=O)O)c4C[C@H]3C[C@H]2[C@H](N(C)C)C1=O. The van der Waals surface area contributed by atoms with Crippen LogP contribution in [0.2, 0.25) is 0 Å². The van der Waals surface area contributed by atoms with E-state index in [0.29, 0.717) is 5.56 Å². The van der Waals surface area contributed by atoms with E-state index in [1.54, 1.807) is 14.1 Å². The Balaban J connectivity index is 1.98. The summed E-state index contributed by atoms with van der Waals surface area (Å²) in [7, 11) is 3.09. The molecule has 0 bridgehead atoms. The van der Waals surface area contributed by atoms with Crippen molar-refractivity contribution in [1.29, 1.82) is 0 Å². The van der Waals surface area contributed by atoms with E-state index in [4.69, 9.17) is 5.11 Å². The Morgan fingerprint density at radius 2 is 1.80 bits per heavy atom. The summed E-state index contributed by atoms with van der Waals surface area (Å²) in [6, 6.07) is 1.47. The lowest BCUT2D eigenvalue weighted by atomic mass is 9.57. The van der Waals surface area contributed by atoms with Crippen LogP contribution in [0.15, 0.2) is 29.0 Å². The number of carboxylic acid groups (broad SMARTS) is 1. The number of nitrogens with zero attached hydrogens (tertiary/aromatic N) is 1. The molecule has 0 saturated heterocycles. The maximum atomic E-state index is 13.7. The molecule has 0 unspecified atom stereocenters. The number of hydrogen-bond donors (Lipinski definition) is 5. The van der Waals surface area contributed by atoms with Crippen LogP contribution in [0.5, 0.6) is 5.75 Å². The normalized spacial score (nSPS) is 27.6. The number of Topliss-reactive ketones (excluding diaryl/α,β-unsaturated/α-hetero) is 3. The van der Waals surface area contributed by atoms with Gasteiger partial charge in [0.25, 0.3) is 0 Å². The largest absolute Gasteiger partial charge is 0.508 e. The van der Waals surface area contributed by atoms with Crippen LogP contribution in [0, 0.1) is 23.7 Å². The van der Waals surface area contributed by atoms with E-state index in [0.717, 1.165) is 6.92 Å². The molecule has 1 aromatic carbocycles. The molecule has 1 fully saturated rings. The number of phenolic OH excluding ortho intramolecular Hbond substituents is 1. The number of ketones is 3. The van der Waals surface area contributed by atoms with Crippen LogP contribution in [0.3, 0.4) is 0 Å². The number of hydrogen-bond acceptors (Lipinski definition) is 9. The summed E-state index contributed by atoms with van der Waals surface area (Å²) in [5.74, 6) is -3.48. The Labute approximate surface area is 199 Å². The van der Waals surface area contributed by atoms with Crippen LogP contribution in [0.1, 0.15) is 30.0 Å². The molecular formula is C25H23NO9. The lowest BCUT2D eigenvalue weighted by Crippen LogP contribution is -2.65. The molecule has 0 spiro atoms. The van der Waals surface area contributed by atoms with Crippen molar-refractivity contribution in [2.75, 3.05) is 14.1 Å².